The van der Waals surface area contributed by atoms with Gasteiger partial charge in [-0.15, -0.1) is 0 Å². The molecule has 2 aromatic rings. The number of carbonyl (C=O) groups is 2. The SMILES string of the molecule is CCS(=O)c1ccc(Cl)cc1CNC(=O)c1cc(F)c(OC(C)=O)c(Cl)c1. The lowest BCUT2D eigenvalue weighted by atomic mass is 10.1. The molecule has 9 heteroatoms. The third-order valence-corrected chi connectivity index (χ3v) is 5.40. The molecule has 2 aromatic carbocycles. The van der Waals surface area contributed by atoms with Gasteiger partial charge < -0.3 is 10.1 Å². The summed E-state index contributed by atoms with van der Waals surface area (Å²) in [7, 11) is -1.23. The van der Waals surface area contributed by atoms with Crippen molar-refractivity contribution < 1.29 is 22.9 Å². The summed E-state index contributed by atoms with van der Waals surface area (Å²) in [4.78, 5) is 23.9. The van der Waals surface area contributed by atoms with Gasteiger partial charge in [0.05, 0.1) is 15.8 Å². The predicted molar refractivity (Wildman–Crippen MR) is 102 cm³/mol. The molecule has 0 aliphatic heterocycles. The minimum Gasteiger partial charge on any atom is -0.422 e. The molecule has 144 valence electrons. The fraction of sp³-hybridized carbons (Fsp3) is 0.222. The maximum atomic E-state index is 14.1. The largest absolute Gasteiger partial charge is 0.422 e. The van der Waals surface area contributed by atoms with Gasteiger partial charge in [-0.25, -0.2) is 4.39 Å². The second-order valence-corrected chi connectivity index (χ2v) is 7.98. The van der Waals surface area contributed by atoms with E-state index in [2.05, 4.69) is 10.1 Å². The Hall–Kier alpha value is -1.96. The molecule has 27 heavy (non-hydrogen) atoms. The second-order valence-electron chi connectivity index (χ2n) is 5.43. The molecule has 0 heterocycles. The van der Waals surface area contributed by atoms with Gasteiger partial charge in [-0.3, -0.25) is 13.8 Å². The van der Waals surface area contributed by atoms with Crippen molar-refractivity contribution in [1.29, 1.82) is 0 Å². The van der Waals surface area contributed by atoms with Crippen LogP contribution in [0.15, 0.2) is 35.2 Å². The average Bonchev–Trinajstić information content (AvgIpc) is 2.61. The summed E-state index contributed by atoms with van der Waals surface area (Å²) >= 11 is 11.9. The number of hydrogen-bond donors (Lipinski definition) is 1. The van der Waals surface area contributed by atoms with Gasteiger partial charge in [-0.1, -0.05) is 30.1 Å². The van der Waals surface area contributed by atoms with Gasteiger partial charge in [0, 0.05) is 34.7 Å². The number of ether oxygens (including phenoxy) is 1. The van der Waals surface area contributed by atoms with Crippen LogP contribution in [-0.4, -0.2) is 21.8 Å². The van der Waals surface area contributed by atoms with Crippen molar-refractivity contribution in [2.24, 2.45) is 0 Å². The molecule has 0 fully saturated rings. The number of esters is 1. The molecular weight excluding hydrogens is 416 g/mol. The molecule has 0 saturated carbocycles. The molecule has 0 aromatic heterocycles. The number of rotatable bonds is 6. The molecule has 1 amide bonds. The van der Waals surface area contributed by atoms with Crippen molar-refractivity contribution in [2.75, 3.05) is 5.75 Å². The number of amides is 1. The van der Waals surface area contributed by atoms with Crippen LogP contribution in [-0.2, 0) is 22.1 Å². The number of carbonyl (C=O) groups excluding carboxylic acids is 2. The van der Waals surface area contributed by atoms with Gasteiger partial charge in [0.1, 0.15) is 0 Å². The first-order valence-corrected chi connectivity index (χ1v) is 9.92. The zero-order chi connectivity index (χ0) is 20.1. The zero-order valence-electron chi connectivity index (χ0n) is 14.5. The van der Waals surface area contributed by atoms with Gasteiger partial charge in [-0.2, -0.15) is 0 Å². The van der Waals surface area contributed by atoms with Crippen molar-refractivity contribution in [3.05, 3.63) is 57.3 Å². The van der Waals surface area contributed by atoms with E-state index >= 15 is 0 Å². The lowest BCUT2D eigenvalue weighted by Gasteiger charge is -2.12. The maximum absolute atomic E-state index is 14.1. The number of halogens is 3. The standard InChI is InChI=1S/C18H16Cl2FNO4S/c1-3-27(25)16-5-4-13(19)6-12(16)9-22-18(24)11-7-14(20)17(15(21)8-11)26-10(2)23/h4-8H,3,9H2,1-2H3,(H,22,24). The summed E-state index contributed by atoms with van der Waals surface area (Å²) in [6.45, 7) is 2.94. The van der Waals surface area contributed by atoms with Crippen molar-refractivity contribution in [1.82, 2.24) is 5.32 Å². The summed E-state index contributed by atoms with van der Waals surface area (Å²) in [6, 6.07) is 7.00. The molecule has 2 rings (SSSR count). The summed E-state index contributed by atoms with van der Waals surface area (Å²) < 4.78 is 30.9. The molecule has 1 N–H and O–H groups in total. The fourth-order valence-electron chi connectivity index (χ4n) is 2.27. The highest BCUT2D eigenvalue weighted by atomic mass is 35.5. The quantitative estimate of drug-likeness (QED) is 0.551. The van der Waals surface area contributed by atoms with Crippen LogP contribution < -0.4 is 10.1 Å². The Labute approximate surface area is 168 Å². The Kier molecular flexibility index (Phi) is 7.35. The zero-order valence-corrected chi connectivity index (χ0v) is 16.8. The van der Waals surface area contributed by atoms with E-state index in [-0.39, 0.29) is 17.1 Å². The molecule has 0 radical (unpaired) electrons. The number of benzene rings is 2. The van der Waals surface area contributed by atoms with Crippen LogP contribution in [0.4, 0.5) is 4.39 Å². The molecule has 0 bridgehead atoms. The van der Waals surface area contributed by atoms with Crippen LogP contribution in [0, 0.1) is 5.82 Å². The average molecular weight is 432 g/mol. The predicted octanol–water partition coefficient (Wildman–Crippen LogP) is 4.12. The molecule has 1 atom stereocenters. The summed E-state index contributed by atoms with van der Waals surface area (Å²) in [5, 5.41) is 2.85. The first-order chi connectivity index (χ1) is 12.7. The Morgan fingerprint density at radius 3 is 2.52 bits per heavy atom. The molecular formula is C18H16Cl2FNO4S. The highest BCUT2D eigenvalue weighted by molar-refractivity contribution is 7.85. The minimum atomic E-state index is -1.23. The van der Waals surface area contributed by atoms with Crippen molar-refractivity contribution in [3.8, 4) is 5.75 Å². The lowest BCUT2D eigenvalue weighted by Crippen LogP contribution is -2.24. The van der Waals surface area contributed by atoms with E-state index in [4.69, 9.17) is 23.2 Å². The lowest BCUT2D eigenvalue weighted by molar-refractivity contribution is -0.132. The minimum absolute atomic E-state index is 0.0470. The summed E-state index contributed by atoms with van der Waals surface area (Å²) in [5.74, 6) is -2.28. The van der Waals surface area contributed by atoms with Gasteiger partial charge >= 0.3 is 5.97 Å². The molecule has 0 aliphatic carbocycles. The topological polar surface area (TPSA) is 72.5 Å². The molecule has 0 saturated heterocycles. The highest BCUT2D eigenvalue weighted by Crippen LogP contribution is 2.29. The first-order valence-electron chi connectivity index (χ1n) is 7.85. The van der Waals surface area contributed by atoms with Crippen molar-refractivity contribution >= 4 is 45.9 Å². The Bertz CT molecular complexity index is 897. The van der Waals surface area contributed by atoms with Crippen LogP contribution in [0.5, 0.6) is 5.75 Å². The maximum Gasteiger partial charge on any atom is 0.308 e. The van der Waals surface area contributed by atoms with Gasteiger partial charge in [0.25, 0.3) is 5.91 Å². The van der Waals surface area contributed by atoms with Gasteiger partial charge in [-0.05, 0) is 35.9 Å². The molecule has 0 spiro atoms. The Balaban J connectivity index is 2.21. The summed E-state index contributed by atoms with van der Waals surface area (Å²) in [5.41, 5.74) is 0.549. The number of nitrogens with one attached hydrogen (secondary N) is 1. The van der Waals surface area contributed by atoms with Crippen molar-refractivity contribution in [3.63, 3.8) is 0 Å². The fourth-order valence-corrected chi connectivity index (χ4v) is 3.67. The third-order valence-electron chi connectivity index (χ3n) is 3.48. The second kappa shape index (κ2) is 9.30. The third kappa shape index (κ3) is 5.51. The van der Waals surface area contributed by atoms with Crippen LogP contribution >= 0.6 is 23.2 Å². The van der Waals surface area contributed by atoms with E-state index in [9.17, 15) is 18.2 Å². The highest BCUT2D eigenvalue weighted by Gasteiger charge is 2.17. The molecule has 0 aliphatic rings. The van der Waals surface area contributed by atoms with E-state index < -0.39 is 34.2 Å². The van der Waals surface area contributed by atoms with E-state index in [1.165, 1.54) is 6.07 Å². The Morgan fingerprint density at radius 1 is 1.22 bits per heavy atom. The smallest absolute Gasteiger partial charge is 0.308 e. The normalized spacial score (nSPS) is 11.7. The van der Waals surface area contributed by atoms with Gasteiger partial charge in [0.15, 0.2) is 11.6 Å². The van der Waals surface area contributed by atoms with Crippen molar-refractivity contribution in [2.45, 2.75) is 25.3 Å². The van der Waals surface area contributed by atoms with E-state index in [0.717, 1.165) is 13.0 Å². The monoisotopic (exact) mass is 431 g/mol. The van der Waals surface area contributed by atoms with E-state index in [1.54, 1.807) is 25.1 Å². The van der Waals surface area contributed by atoms with Crippen LogP contribution in [0.3, 0.4) is 0 Å². The Morgan fingerprint density at radius 2 is 1.93 bits per heavy atom. The molecule has 1 unspecified atom stereocenters. The van der Waals surface area contributed by atoms with Crippen LogP contribution in [0.1, 0.15) is 29.8 Å². The van der Waals surface area contributed by atoms with Crippen LogP contribution in [0.2, 0.25) is 10.0 Å². The van der Waals surface area contributed by atoms with Gasteiger partial charge in [0.2, 0.25) is 0 Å². The summed E-state index contributed by atoms with van der Waals surface area (Å²) in [6.07, 6.45) is 0. The molecule has 5 nitrogen and oxygen atoms in total. The number of hydrogen-bond acceptors (Lipinski definition) is 4. The van der Waals surface area contributed by atoms with Crippen LogP contribution in [0.25, 0.3) is 0 Å². The van der Waals surface area contributed by atoms with E-state index in [0.29, 0.717) is 21.2 Å². The van der Waals surface area contributed by atoms with E-state index in [1.807, 2.05) is 0 Å². The first kappa shape index (κ1) is 21.3.